The molecule has 2 aromatic carbocycles. The highest BCUT2D eigenvalue weighted by molar-refractivity contribution is 7.92. The zero-order chi connectivity index (χ0) is 21.9. The molecule has 11 heteroatoms. The zero-order valence-corrected chi connectivity index (χ0v) is 16.0. The van der Waals surface area contributed by atoms with Gasteiger partial charge >= 0.3 is 0 Å². The van der Waals surface area contributed by atoms with Crippen molar-refractivity contribution in [1.29, 1.82) is 0 Å². The molecule has 0 fully saturated rings. The monoisotopic (exact) mass is 439 g/mol. The zero-order valence-electron chi connectivity index (χ0n) is 15.2. The number of rotatable bonds is 8. The van der Waals surface area contributed by atoms with Gasteiger partial charge in [0.25, 0.3) is 10.0 Å². The van der Waals surface area contributed by atoms with Gasteiger partial charge in [0, 0.05) is 6.54 Å². The van der Waals surface area contributed by atoms with Gasteiger partial charge in [-0.3, -0.25) is 4.31 Å². The van der Waals surface area contributed by atoms with Crippen LogP contribution in [0.25, 0.3) is 0 Å². The summed E-state index contributed by atoms with van der Waals surface area (Å²) in [6.45, 7) is 0.668. The number of aliphatic hydroxyl groups is 2. The van der Waals surface area contributed by atoms with Gasteiger partial charge in [-0.25, -0.2) is 30.4 Å². The molecule has 1 atom stereocenters. The lowest BCUT2D eigenvalue weighted by Crippen LogP contribution is -2.34. The smallest absolute Gasteiger partial charge is 0.270 e. The molecule has 1 unspecified atom stereocenters. The molecule has 0 heterocycles. The third kappa shape index (κ3) is 4.68. The van der Waals surface area contributed by atoms with Crippen LogP contribution in [-0.2, 0) is 10.0 Å². The van der Waals surface area contributed by atoms with Crippen molar-refractivity contribution in [2.75, 3.05) is 17.5 Å². The SMILES string of the molecule is Cc1ccc(N(CCCC(O)CO)S(=O)(=O)c2c(F)c(F)c(F)c(F)c2F)cc1. The number of nitrogens with zero attached hydrogens (tertiary/aromatic N) is 1. The first-order valence-corrected chi connectivity index (χ1v) is 9.86. The fourth-order valence-corrected chi connectivity index (χ4v) is 4.20. The van der Waals surface area contributed by atoms with Gasteiger partial charge < -0.3 is 10.2 Å². The summed E-state index contributed by atoms with van der Waals surface area (Å²) < 4.78 is 95.0. The summed E-state index contributed by atoms with van der Waals surface area (Å²) >= 11 is 0. The first-order valence-electron chi connectivity index (χ1n) is 8.42. The molecule has 0 spiro atoms. The van der Waals surface area contributed by atoms with Crippen molar-refractivity contribution in [1.82, 2.24) is 0 Å². The van der Waals surface area contributed by atoms with E-state index < -0.39 is 63.3 Å². The van der Waals surface area contributed by atoms with Crippen LogP contribution in [0, 0.1) is 36.0 Å². The molecule has 2 N–H and O–H groups in total. The van der Waals surface area contributed by atoms with Crippen molar-refractivity contribution in [3.63, 3.8) is 0 Å². The molecule has 0 aliphatic carbocycles. The largest absolute Gasteiger partial charge is 0.394 e. The Labute approximate surface area is 164 Å². The van der Waals surface area contributed by atoms with E-state index in [1.54, 1.807) is 6.92 Å². The van der Waals surface area contributed by atoms with Crippen LogP contribution in [-0.4, -0.2) is 37.9 Å². The second kappa shape index (κ2) is 9.06. The predicted octanol–water partition coefficient (Wildman–Crippen LogP) is 3.02. The molecule has 0 aliphatic heterocycles. The first-order chi connectivity index (χ1) is 13.5. The molecule has 2 rings (SSSR count). The number of aliphatic hydroxyl groups excluding tert-OH is 2. The molecule has 5 nitrogen and oxygen atoms in total. The van der Waals surface area contributed by atoms with E-state index in [4.69, 9.17) is 5.11 Å². The van der Waals surface area contributed by atoms with E-state index in [-0.39, 0.29) is 18.5 Å². The summed E-state index contributed by atoms with van der Waals surface area (Å²) in [5, 5.41) is 18.3. The number of benzene rings is 2. The Morgan fingerprint density at radius 2 is 1.41 bits per heavy atom. The van der Waals surface area contributed by atoms with E-state index in [9.17, 15) is 35.5 Å². The Morgan fingerprint density at radius 1 is 0.931 bits per heavy atom. The Bertz CT molecular complexity index is 954. The van der Waals surface area contributed by atoms with Crippen LogP contribution in [0.3, 0.4) is 0 Å². The molecule has 0 amide bonds. The van der Waals surface area contributed by atoms with Crippen molar-refractivity contribution >= 4 is 15.7 Å². The van der Waals surface area contributed by atoms with Crippen molar-refractivity contribution < 1.29 is 40.6 Å². The third-order valence-electron chi connectivity index (χ3n) is 4.15. The molecular weight excluding hydrogens is 421 g/mol. The minimum absolute atomic E-state index is 0.0640. The van der Waals surface area contributed by atoms with Crippen LogP contribution in [0.2, 0.25) is 0 Å². The van der Waals surface area contributed by atoms with Crippen molar-refractivity contribution in [2.45, 2.75) is 30.8 Å². The lowest BCUT2D eigenvalue weighted by Gasteiger charge is -2.25. The molecule has 0 bridgehead atoms. The Morgan fingerprint density at radius 3 is 1.90 bits per heavy atom. The number of aryl methyl sites for hydroxylation is 1. The van der Waals surface area contributed by atoms with Gasteiger partial charge in [-0.1, -0.05) is 17.7 Å². The van der Waals surface area contributed by atoms with Gasteiger partial charge in [0.15, 0.2) is 28.2 Å². The van der Waals surface area contributed by atoms with Gasteiger partial charge in [0.2, 0.25) is 5.82 Å². The predicted molar refractivity (Wildman–Crippen MR) is 94.3 cm³/mol. The molecule has 0 aliphatic rings. The molecule has 29 heavy (non-hydrogen) atoms. The molecule has 0 aromatic heterocycles. The minimum Gasteiger partial charge on any atom is -0.394 e. The lowest BCUT2D eigenvalue weighted by atomic mass is 10.2. The van der Waals surface area contributed by atoms with Crippen LogP contribution in [0.5, 0.6) is 0 Å². The fraction of sp³-hybridized carbons (Fsp3) is 0.333. The van der Waals surface area contributed by atoms with E-state index in [0.29, 0.717) is 4.31 Å². The van der Waals surface area contributed by atoms with Gasteiger partial charge in [-0.15, -0.1) is 0 Å². The van der Waals surface area contributed by atoms with Crippen LogP contribution in [0.4, 0.5) is 27.6 Å². The summed E-state index contributed by atoms with van der Waals surface area (Å²) in [5.74, 6) is -12.1. The molecule has 0 radical (unpaired) electrons. The van der Waals surface area contributed by atoms with Crippen LogP contribution in [0.15, 0.2) is 29.2 Å². The van der Waals surface area contributed by atoms with E-state index in [2.05, 4.69) is 0 Å². The molecule has 160 valence electrons. The lowest BCUT2D eigenvalue weighted by molar-refractivity contribution is 0.0872. The highest BCUT2D eigenvalue weighted by atomic mass is 32.2. The van der Waals surface area contributed by atoms with Gasteiger partial charge in [-0.05, 0) is 31.9 Å². The third-order valence-corrected chi connectivity index (χ3v) is 6.00. The summed E-state index contributed by atoms with van der Waals surface area (Å²) in [6, 6.07) is 5.61. The standard InChI is InChI=1S/C18H18F5NO4S/c1-10-4-6-11(7-5-10)24(8-2-3-12(26)9-25)29(27,28)18-16(22)14(20)13(19)15(21)17(18)23/h4-7,12,25-26H,2-3,8-9H2,1H3. The Hall–Kier alpha value is -2.24. The van der Waals surface area contributed by atoms with E-state index in [0.717, 1.165) is 5.56 Å². The maximum Gasteiger partial charge on any atom is 0.270 e. The Balaban J connectivity index is 2.59. The molecular formula is C18H18F5NO4S. The number of anilines is 1. The van der Waals surface area contributed by atoms with E-state index in [1.807, 2.05) is 0 Å². The summed E-state index contributed by atoms with van der Waals surface area (Å²) in [7, 11) is -5.20. The number of hydrogen-bond acceptors (Lipinski definition) is 4. The quantitative estimate of drug-likeness (QED) is 0.377. The molecule has 0 saturated carbocycles. The highest BCUT2D eigenvalue weighted by Crippen LogP contribution is 2.32. The average molecular weight is 439 g/mol. The van der Waals surface area contributed by atoms with Crippen molar-refractivity contribution in [3.05, 3.63) is 58.9 Å². The van der Waals surface area contributed by atoms with Crippen LogP contribution < -0.4 is 4.31 Å². The van der Waals surface area contributed by atoms with Crippen LogP contribution >= 0.6 is 0 Å². The summed E-state index contributed by atoms with van der Waals surface area (Å²) in [6.07, 6.45) is -1.29. The van der Waals surface area contributed by atoms with Crippen molar-refractivity contribution in [3.8, 4) is 0 Å². The number of halogens is 5. The van der Waals surface area contributed by atoms with Crippen LogP contribution in [0.1, 0.15) is 18.4 Å². The van der Waals surface area contributed by atoms with Gasteiger partial charge in [0.1, 0.15) is 0 Å². The fourth-order valence-electron chi connectivity index (χ4n) is 2.58. The maximum absolute atomic E-state index is 14.1. The Kier molecular flexibility index (Phi) is 7.20. The van der Waals surface area contributed by atoms with E-state index in [1.165, 1.54) is 24.3 Å². The normalized spacial score (nSPS) is 12.8. The minimum atomic E-state index is -5.20. The van der Waals surface area contributed by atoms with Gasteiger partial charge in [-0.2, -0.15) is 0 Å². The highest BCUT2D eigenvalue weighted by Gasteiger charge is 2.37. The molecule has 2 aromatic rings. The second-order valence-electron chi connectivity index (χ2n) is 6.29. The van der Waals surface area contributed by atoms with Gasteiger partial charge in [0.05, 0.1) is 18.4 Å². The summed E-state index contributed by atoms with van der Waals surface area (Å²) in [5.41, 5.74) is 0.663. The van der Waals surface area contributed by atoms with Crippen molar-refractivity contribution in [2.24, 2.45) is 0 Å². The number of hydrogen-bond donors (Lipinski definition) is 2. The maximum atomic E-state index is 14.1. The summed E-state index contributed by atoms with van der Waals surface area (Å²) in [4.78, 5) is -1.96. The number of sulfonamides is 1. The average Bonchev–Trinajstić information content (AvgIpc) is 2.68. The second-order valence-corrected chi connectivity index (χ2v) is 8.09. The topological polar surface area (TPSA) is 77.8 Å². The van der Waals surface area contributed by atoms with E-state index >= 15 is 0 Å². The first kappa shape index (κ1) is 23.0. The molecule has 0 saturated heterocycles.